The molecule has 2 aromatic carbocycles. The molecule has 0 spiro atoms. The lowest BCUT2D eigenvalue weighted by molar-refractivity contribution is -0.120. The van der Waals surface area contributed by atoms with Gasteiger partial charge in [-0.15, -0.1) is 0 Å². The lowest BCUT2D eigenvalue weighted by Crippen LogP contribution is -2.34. The van der Waals surface area contributed by atoms with Crippen LogP contribution in [0.25, 0.3) is 0 Å². The van der Waals surface area contributed by atoms with Crippen LogP contribution in [0.3, 0.4) is 0 Å². The van der Waals surface area contributed by atoms with Gasteiger partial charge in [0.05, 0.1) is 5.41 Å². The van der Waals surface area contributed by atoms with Crippen LogP contribution in [0.5, 0.6) is 0 Å². The van der Waals surface area contributed by atoms with E-state index in [0.29, 0.717) is 5.69 Å². The average Bonchev–Trinajstić information content (AvgIpc) is 2.48. The predicted octanol–water partition coefficient (Wildman–Crippen LogP) is 3.75. The summed E-state index contributed by atoms with van der Waals surface area (Å²) in [7, 11) is 0. The fourth-order valence-electron chi connectivity index (χ4n) is 2.14. The van der Waals surface area contributed by atoms with Gasteiger partial charge in [0, 0.05) is 11.4 Å². The minimum atomic E-state index is -0.614. The van der Waals surface area contributed by atoms with Crippen LogP contribution in [-0.2, 0) is 16.6 Å². The van der Waals surface area contributed by atoms with Gasteiger partial charge < -0.3 is 11.1 Å². The quantitative estimate of drug-likeness (QED) is 0.839. The van der Waals surface area contributed by atoms with Gasteiger partial charge in [0.25, 0.3) is 0 Å². The highest BCUT2D eigenvalue weighted by Crippen LogP contribution is 2.26. The van der Waals surface area contributed by atoms with E-state index in [-0.39, 0.29) is 5.91 Å². The number of carbonyl (C=O) groups is 1. The van der Waals surface area contributed by atoms with Gasteiger partial charge in [-0.3, -0.25) is 4.79 Å². The highest BCUT2D eigenvalue weighted by atomic mass is 16.2. The van der Waals surface area contributed by atoms with Crippen LogP contribution in [0.1, 0.15) is 31.9 Å². The summed E-state index contributed by atoms with van der Waals surface area (Å²) in [6.45, 7) is 5.93. The van der Waals surface area contributed by atoms with E-state index in [9.17, 15) is 4.79 Å². The van der Waals surface area contributed by atoms with Crippen LogP contribution in [0.2, 0.25) is 0 Å². The SMILES string of the molecule is CCc1ccc(NC(=O)C(C)(C)c2ccc(N)cc2)cc1. The van der Waals surface area contributed by atoms with Crippen molar-refractivity contribution >= 4 is 17.3 Å². The Kier molecular flexibility index (Phi) is 4.32. The van der Waals surface area contributed by atoms with Crippen molar-refractivity contribution in [1.82, 2.24) is 0 Å². The second kappa shape index (κ2) is 6.00. The van der Waals surface area contributed by atoms with Crippen molar-refractivity contribution < 1.29 is 4.79 Å². The maximum atomic E-state index is 12.5. The fourth-order valence-corrected chi connectivity index (χ4v) is 2.14. The number of hydrogen-bond donors (Lipinski definition) is 2. The Bertz CT molecular complexity index is 613. The normalized spacial score (nSPS) is 11.2. The van der Waals surface area contributed by atoms with Crippen LogP contribution in [-0.4, -0.2) is 5.91 Å². The zero-order chi connectivity index (χ0) is 15.5. The van der Waals surface area contributed by atoms with Gasteiger partial charge in [-0.25, -0.2) is 0 Å². The zero-order valence-corrected chi connectivity index (χ0v) is 12.8. The van der Waals surface area contributed by atoms with Gasteiger partial charge in [-0.05, 0) is 55.7 Å². The van der Waals surface area contributed by atoms with Gasteiger partial charge in [0.15, 0.2) is 0 Å². The Morgan fingerprint density at radius 1 is 1.05 bits per heavy atom. The van der Waals surface area contributed by atoms with Gasteiger partial charge in [0.2, 0.25) is 5.91 Å². The maximum Gasteiger partial charge on any atom is 0.234 e. The highest BCUT2D eigenvalue weighted by molar-refractivity contribution is 5.98. The van der Waals surface area contributed by atoms with Crippen molar-refractivity contribution in [3.8, 4) is 0 Å². The summed E-state index contributed by atoms with van der Waals surface area (Å²) in [6, 6.07) is 15.4. The molecule has 0 heterocycles. The molecule has 0 saturated carbocycles. The first-order valence-electron chi connectivity index (χ1n) is 7.20. The maximum absolute atomic E-state index is 12.5. The van der Waals surface area contributed by atoms with Crippen LogP contribution in [0.4, 0.5) is 11.4 Å². The summed E-state index contributed by atoms with van der Waals surface area (Å²) < 4.78 is 0. The number of aryl methyl sites for hydroxylation is 1. The van der Waals surface area contributed by atoms with Crippen LogP contribution >= 0.6 is 0 Å². The molecule has 3 N–H and O–H groups in total. The molecule has 0 aromatic heterocycles. The standard InChI is InChI=1S/C18H22N2O/c1-4-13-5-11-16(12-6-13)20-17(21)18(2,3)14-7-9-15(19)10-8-14/h5-12H,4,19H2,1-3H3,(H,20,21). The Hall–Kier alpha value is -2.29. The summed E-state index contributed by atoms with van der Waals surface area (Å²) in [6.07, 6.45) is 0.991. The number of nitrogens with two attached hydrogens (primary N) is 1. The van der Waals surface area contributed by atoms with Gasteiger partial charge in [-0.2, -0.15) is 0 Å². The average molecular weight is 282 g/mol. The molecular formula is C18H22N2O. The second-order valence-electron chi connectivity index (χ2n) is 5.75. The van der Waals surface area contributed by atoms with Crippen molar-refractivity contribution in [3.05, 3.63) is 59.7 Å². The van der Waals surface area contributed by atoms with Crippen molar-refractivity contribution in [2.45, 2.75) is 32.6 Å². The molecule has 1 amide bonds. The van der Waals surface area contributed by atoms with Crippen molar-refractivity contribution in [2.24, 2.45) is 0 Å². The van der Waals surface area contributed by atoms with E-state index in [1.165, 1.54) is 5.56 Å². The minimum absolute atomic E-state index is 0.0310. The minimum Gasteiger partial charge on any atom is -0.399 e. The molecule has 0 aliphatic rings. The van der Waals surface area contributed by atoms with Gasteiger partial charge in [-0.1, -0.05) is 31.2 Å². The van der Waals surface area contributed by atoms with Gasteiger partial charge in [0.1, 0.15) is 0 Å². The molecule has 0 radical (unpaired) electrons. The number of nitrogen functional groups attached to an aromatic ring is 1. The van der Waals surface area contributed by atoms with E-state index < -0.39 is 5.41 Å². The molecule has 0 aliphatic heterocycles. The van der Waals surface area contributed by atoms with Crippen molar-refractivity contribution in [1.29, 1.82) is 0 Å². The number of carbonyl (C=O) groups excluding carboxylic acids is 1. The molecule has 110 valence electrons. The Labute approximate surface area is 126 Å². The molecule has 21 heavy (non-hydrogen) atoms. The monoisotopic (exact) mass is 282 g/mol. The number of hydrogen-bond acceptors (Lipinski definition) is 2. The van der Waals surface area contributed by atoms with E-state index >= 15 is 0 Å². The van der Waals surface area contributed by atoms with Crippen LogP contribution in [0, 0.1) is 0 Å². The van der Waals surface area contributed by atoms with Crippen molar-refractivity contribution in [3.63, 3.8) is 0 Å². The van der Waals surface area contributed by atoms with E-state index in [4.69, 9.17) is 5.73 Å². The number of anilines is 2. The van der Waals surface area contributed by atoms with E-state index in [0.717, 1.165) is 17.7 Å². The molecule has 2 rings (SSSR count). The molecule has 3 nitrogen and oxygen atoms in total. The Balaban J connectivity index is 2.15. The summed E-state index contributed by atoms with van der Waals surface area (Å²) in [5.74, 6) is -0.0310. The molecule has 0 aliphatic carbocycles. The number of rotatable bonds is 4. The third-order valence-corrected chi connectivity index (χ3v) is 3.82. The smallest absolute Gasteiger partial charge is 0.234 e. The second-order valence-corrected chi connectivity index (χ2v) is 5.75. The van der Waals surface area contributed by atoms with Crippen molar-refractivity contribution in [2.75, 3.05) is 11.1 Å². The third kappa shape index (κ3) is 3.43. The summed E-state index contributed by atoms with van der Waals surface area (Å²) >= 11 is 0. The third-order valence-electron chi connectivity index (χ3n) is 3.82. The van der Waals surface area contributed by atoms with Crippen LogP contribution < -0.4 is 11.1 Å². The summed E-state index contributed by atoms with van der Waals surface area (Å²) in [5.41, 5.74) is 8.80. The molecule has 2 aromatic rings. The first-order chi connectivity index (χ1) is 9.93. The molecule has 3 heteroatoms. The van der Waals surface area contributed by atoms with E-state index in [2.05, 4.69) is 12.2 Å². The Morgan fingerprint density at radius 2 is 1.62 bits per heavy atom. The lowest BCUT2D eigenvalue weighted by Gasteiger charge is -2.24. The molecular weight excluding hydrogens is 260 g/mol. The molecule has 0 atom stereocenters. The zero-order valence-electron chi connectivity index (χ0n) is 12.8. The molecule has 0 unspecified atom stereocenters. The fraction of sp³-hybridized carbons (Fsp3) is 0.278. The van der Waals surface area contributed by atoms with Crippen LogP contribution in [0.15, 0.2) is 48.5 Å². The number of benzene rings is 2. The molecule has 0 saturated heterocycles. The van der Waals surface area contributed by atoms with Gasteiger partial charge >= 0.3 is 0 Å². The Morgan fingerprint density at radius 3 is 2.14 bits per heavy atom. The molecule has 0 bridgehead atoms. The lowest BCUT2D eigenvalue weighted by atomic mass is 9.83. The number of amides is 1. The predicted molar refractivity (Wildman–Crippen MR) is 88.3 cm³/mol. The number of nitrogens with one attached hydrogen (secondary N) is 1. The summed E-state index contributed by atoms with van der Waals surface area (Å²) in [5, 5.41) is 2.98. The van der Waals surface area contributed by atoms with E-state index in [1.54, 1.807) is 0 Å². The first kappa shape index (κ1) is 15.1. The topological polar surface area (TPSA) is 55.1 Å². The molecule has 0 fully saturated rings. The highest BCUT2D eigenvalue weighted by Gasteiger charge is 2.29. The summed E-state index contributed by atoms with van der Waals surface area (Å²) in [4.78, 5) is 12.5. The van der Waals surface area contributed by atoms with E-state index in [1.807, 2.05) is 62.4 Å². The largest absolute Gasteiger partial charge is 0.399 e. The first-order valence-corrected chi connectivity index (χ1v) is 7.20.